The fourth-order valence-electron chi connectivity index (χ4n) is 4.38. The number of hydrogen-bond acceptors (Lipinski definition) is 3. The van der Waals surface area contributed by atoms with Crippen LogP contribution in [0, 0.1) is 11.3 Å². The van der Waals surface area contributed by atoms with Crippen LogP contribution in [0.1, 0.15) is 45.6 Å². The topological polar surface area (TPSA) is 42.1 Å². The van der Waals surface area contributed by atoms with E-state index in [1.54, 1.807) is 0 Å². The first-order valence-electron chi connectivity index (χ1n) is 8.17. The van der Waals surface area contributed by atoms with E-state index in [0.29, 0.717) is 5.41 Å². The van der Waals surface area contributed by atoms with E-state index in [1.165, 1.54) is 24.8 Å². The third-order valence-corrected chi connectivity index (χ3v) is 5.11. The molecule has 1 aromatic heterocycles. The van der Waals surface area contributed by atoms with E-state index in [2.05, 4.69) is 49.8 Å². The standard InChI is InChI=1S/C18H31N3/c1-15-11-17(2,3)13-18(12-15,14-19)21(4)10-7-16-5-8-20-9-6-16/h5-6,8-9,15H,7,10-14,19H2,1-4H3. The van der Waals surface area contributed by atoms with Crippen LogP contribution in [-0.4, -0.2) is 35.6 Å². The number of likely N-dealkylation sites (N-methyl/N-ethyl adjacent to an activating group) is 1. The molecule has 0 aromatic carbocycles. The van der Waals surface area contributed by atoms with Gasteiger partial charge in [-0.15, -0.1) is 0 Å². The lowest BCUT2D eigenvalue weighted by molar-refractivity contribution is 0.00399. The first-order chi connectivity index (χ1) is 9.87. The van der Waals surface area contributed by atoms with Gasteiger partial charge in [-0.1, -0.05) is 20.8 Å². The first-order valence-corrected chi connectivity index (χ1v) is 8.17. The van der Waals surface area contributed by atoms with Crippen molar-refractivity contribution in [2.75, 3.05) is 20.1 Å². The average molecular weight is 289 g/mol. The second-order valence-corrected chi connectivity index (χ2v) is 7.81. The summed E-state index contributed by atoms with van der Waals surface area (Å²) in [5.41, 5.74) is 8.15. The number of pyridine rings is 1. The van der Waals surface area contributed by atoms with Crippen molar-refractivity contribution in [3.63, 3.8) is 0 Å². The summed E-state index contributed by atoms with van der Waals surface area (Å²) in [4.78, 5) is 6.61. The molecule has 0 radical (unpaired) electrons. The van der Waals surface area contributed by atoms with Crippen LogP contribution in [0.25, 0.3) is 0 Å². The van der Waals surface area contributed by atoms with Gasteiger partial charge in [-0.3, -0.25) is 9.88 Å². The van der Waals surface area contributed by atoms with E-state index < -0.39 is 0 Å². The van der Waals surface area contributed by atoms with E-state index in [9.17, 15) is 0 Å². The van der Waals surface area contributed by atoms with Crippen LogP contribution in [0.4, 0.5) is 0 Å². The SMILES string of the molecule is CC1CC(C)(C)CC(CN)(N(C)CCc2ccncc2)C1. The Bertz CT molecular complexity index is 443. The van der Waals surface area contributed by atoms with E-state index in [-0.39, 0.29) is 5.54 Å². The number of nitrogens with two attached hydrogens (primary N) is 1. The maximum absolute atomic E-state index is 6.24. The molecule has 3 heteroatoms. The molecule has 1 aromatic rings. The molecule has 1 saturated carbocycles. The molecule has 2 atom stereocenters. The largest absolute Gasteiger partial charge is 0.329 e. The second-order valence-electron chi connectivity index (χ2n) is 7.81. The highest BCUT2D eigenvalue weighted by Gasteiger charge is 2.44. The predicted octanol–water partition coefficient (Wildman–Crippen LogP) is 3.10. The van der Waals surface area contributed by atoms with Crippen LogP contribution < -0.4 is 5.73 Å². The Labute approximate surface area is 129 Å². The monoisotopic (exact) mass is 289 g/mol. The minimum absolute atomic E-state index is 0.161. The number of aromatic nitrogens is 1. The van der Waals surface area contributed by atoms with Crippen molar-refractivity contribution in [1.82, 2.24) is 9.88 Å². The van der Waals surface area contributed by atoms with Crippen LogP contribution in [0.2, 0.25) is 0 Å². The molecule has 1 heterocycles. The summed E-state index contributed by atoms with van der Waals surface area (Å²) in [5.74, 6) is 0.751. The normalized spacial score (nSPS) is 28.8. The summed E-state index contributed by atoms with van der Waals surface area (Å²) in [6.07, 6.45) is 8.55. The fourth-order valence-corrected chi connectivity index (χ4v) is 4.38. The molecule has 0 aliphatic heterocycles. The van der Waals surface area contributed by atoms with Crippen LogP contribution in [0.15, 0.2) is 24.5 Å². The van der Waals surface area contributed by atoms with Crippen molar-refractivity contribution < 1.29 is 0 Å². The Hall–Kier alpha value is -0.930. The van der Waals surface area contributed by atoms with Gasteiger partial charge < -0.3 is 5.73 Å². The van der Waals surface area contributed by atoms with Gasteiger partial charge in [-0.25, -0.2) is 0 Å². The Morgan fingerprint density at radius 2 is 1.95 bits per heavy atom. The summed E-state index contributed by atoms with van der Waals surface area (Å²) in [6.45, 7) is 8.98. The molecule has 0 bridgehead atoms. The van der Waals surface area contributed by atoms with Crippen molar-refractivity contribution in [2.45, 2.75) is 52.0 Å². The summed E-state index contributed by atoms with van der Waals surface area (Å²) in [5, 5.41) is 0. The van der Waals surface area contributed by atoms with Crippen LogP contribution in [-0.2, 0) is 6.42 Å². The smallest absolute Gasteiger partial charge is 0.0336 e. The summed E-state index contributed by atoms with van der Waals surface area (Å²) in [7, 11) is 2.25. The third-order valence-electron chi connectivity index (χ3n) is 5.11. The zero-order valence-electron chi connectivity index (χ0n) is 14.1. The van der Waals surface area contributed by atoms with Gasteiger partial charge in [0.15, 0.2) is 0 Å². The van der Waals surface area contributed by atoms with Gasteiger partial charge in [0.25, 0.3) is 0 Å². The maximum atomic E-state index is 6.24. The van der Waals surface area contributed by atoms with Crippen molar-refractivity contribution in [1.29, 1.82) is 0 Å². The molecular formula is C18H31N3. The van der Waals surface area contributed by atoms with Crippen molar-refractivity contribution in [2.24, 2.45) is 17.1 Å². The van der Waals surface area contributed by atoms with Gasteiger partial charge in [0.2, 0.25) is 0 Å². The second kappa shape index (κ2) is 6.45. The van der Waals surface area contributed by atoms with E-state index in [0.717, 1.165) is 25.4 Å². The predicted molar refractivity (Wildman–Crippen MR) is 89.2 cm³/mol. The Morgan fingerprint density at radius 1 is 1.29 bits per heavy atom. The summed E-state index contributed by atoms with van der Waals surface area (Å²) >= 11 is 0. The van der Waals surface area contributed by atoms with E-state index >= 15 is 0 Å². The van der Waals surface area contributed by atoms with Gasteiger partial charge in [-0.2, -0.15) is 0 Å². The van der Waals surface area contributed by atoms with Gasteiger partial charge in [-0.05, 0) is 61.8 Å². The third kappa shape index (κ3) is 4.04. The quantitative estimate of drug-likeness (QED) is 0.905. The molecule has 0 spiro atoms. The fraction of sp³-hybridized carbons (Fsp3) is 0.722. The highest BCUT2D eigenvalue weighted by atomic mass is 15.2. The highest BCUT2D eigenvalue weighted by Crippen LogP contribution is 2.45. The Balaban J connectivity index is 2.05. The van der Waals surface area contributed by atoms with Crippen molar-refractivity contribution in [3.8, 4) is 0 Å². The van der Waals surface area contributed by atoms with Gasteiger partial charge in [0, 0.05) is 31.0 Å². The lowest BCUT2D eigenvalue weighted by atomic mass is 9.63. The van der Waals surface area contributed by atoms with Crippen molar-refractivity contribution >= 4 is 0 Å². The molecule has 0 amide bonds. The summed E-state index contributed by atoms with van der Waals surface area (Å²) in [6, 6.07) is 4.22. The minimum Gasteiger partial charge on any atom is -0.329 e. The van der Waals surface area contributed by atoms with Crippen LogP contribution >= 0.6 is 0 Å². The zero-order valence-corrected chi connectivity index (χ0v) is 14.1. The molecule has 2 rings (SSSR count). The Kier molecular flexibility index (Phi) is 5.05. The summed E-state index contributed by atoms with van der Waals surface area (Å²) < 4.78 is 0. The van der Waals surface area contributed by atoms with Crippen molar-refractivity contribution in [3.05, 3.63) is 30.1 Å². The number of nitrogens with zero attached hydrogens (tertiary/aromatic N) is 2. The minimum atomic E-state index is 0.161. The lowest BCUT2D eigenvalue weighted by Crippen LogP contribution is -2.58. The molecule has 3 nitrogen and oxygen atoms in total. The molecule has 118 valence electrons. The molecule has 2 N–H and O–H groups in total. The van der Waals surface area contributed by atoms with Gasteiger partial charge in [0.1, 0.15) is 0 Å². The van der Waals surface area contributed by atoms with E-state index in [4.69, 9.17) is 5.73 Å². The molecule has 21 heavy (non-hydrogen) atoms. The molecule has 2 unspecified atom stereocenters. The van der Waals surface area contributed by atoms with Gasteiger partial charge >= 0.3 is 0 Å². The zero-order chi connectivity index (χ0) is 15.5. The first kappa shape index (κ1) is 16.4. The highest BCUT2D eigenvalue weighted by molar-refractivity contribution is 5.10. The molecule has 0 saturated heterocycles. The molecule has 1 aliphatic carbocycles. The number of hydrogen-bond donors (Lipinski definition) is 1. The Morgan fingerprint density at radius 3 is 2.52 bits per heavy atom. The van der Waals surface area contributed by atoms with Crippen LogP contribution in [0.3, 0.4) is 0 Å². The molecule has 1 aliphatic rings. The lowest BCUT2D eigenvalue weighted by Gasteiger charge is -2.52. The molecule has 1 fully saturated rings. The maximum Gasteiger partial charge on any atom is 0.0336 e. The number of rotatable bonds is 5. The van der Waals surface area contributed by atoms with Crippen LogP contribution in [0.5, 0.6) is 0 Å². The van der Waals surface area contributed by atoms with E-state index in [1.807, 2.05) is 12.4 Å². The molecular weight excluding hydrogens is 258 g/mol. The van der Waals surface area contributed by atoms with Gasteiger partial charge in [0.05, 0.1) is 0 Å². The average Bonchev–Trinajstić information content (AvgIpc) is 2.43.